The van der Waals surface area contributed by atoms with Crippen molar-refractivity contribution in [2.24, 2.45) is 9.98 Å². The Morgan fingerprint density at radius 1 is 1.07 bits per heavy atom. The van der Waals surface area contributed by atoms with Crippen LogP contribution in [0.25, 0.3) is 0 Å². The second-order valence-electron chi connectivity index (χ2n) is 7.41. The van der Waals surface area contributed by atoms with Crippen LogP contribution in [-0.4, -0.2) is 27.5 Å². The molecule has 3 heterocycles. The molecule has 1 N–H and O–H groups in total. The van der Waals surface area contributed by atoms with Gasteiger partial charge in [0.25, 0.3) is 0 Å². The average molecular weight is 407 g/mol. The molecular weight excluding hydrogens is 384 g/mol. The number of hydrogen-bond acceptors (Lipinski definition) is 6. The van der Waals surface area contributed by atoms with Gasteiger partial charge in [-0.3, -0.25) is 9.98 Å². The van der Waals surface area contributed by atoms with Gasteiger partial charge in [0, 0.05) is 11.4 Å². The van der Waals surface area contributed by atoms with Gasteiger partial charge < -0.3 is 10.2 Å². The second-order valence-corrected chi connectivity index (χ2v) is 9.21. The minimum atomic E-state index is -0.115. The molecule has 3 aliphatic heterocycles. The molecule has 0 fully saturated rings. The predicted octanol–water partition coefficient (Wildman–Crippen LogP) is 4.55. The van der Waals surface area contributed by atoms with E-state index in [1.807, 2.05) is 0 Å². The molecule has 142 valence electrons. The Morgan fingerprint density at radius 3 is 2.71 bits per heavy atom. The normalized spacial score (nSPS) is 23.2. The van der Waals surface area contributed by atoms with Crippen LogP contribution in [0.3, 0.4) is 0 Å². The zero-order valence-electron chi connectivity index (χ0n) is 15.8. The fourth-order valence-corrected chi connectivity index (χ4v) is 5.68. The van der Waals surface area contributed by atoms with Crippen molar-refractivity contribution in [1.29, 1.82) is 0 Å². The van der Waals surface area contributed by atoms with Crippen LogP contribution in [0.4, 0.5) is 0 Å². The highest BCUT2D eigenvalue weighted by molar-refractivity contribution is 8.17. The van der Waals surface area contributed by atoms with Gasteiger partial charge in [-0.05, 0) is 29.0 Å². The van der Waals surface area contributed by atoms with Gasteiger partial charge in [-0.15, -0.1) is 0 Å². The summed E-state index contributed by atoms with van der Waals surface area (Å²) in [5.41, 5.74) is 5.17. The summed E-state index contributed by atoms with van der Waals surface area (Å²) in [6.07, 6.45) is 0. The van der Waals surface area contributed by atoms with E-state index in [9.17, 15) is 0 Å². The lowest BCUT2D eigenvalue weighted by Gasteiger charge is -2.25. The van der Waals surface area contributed by atoms with E-state index in [2.05, 4.69) is 77.1 Å². The predicted molar refractivity (Wildman–Crippen MR) is 120 cm³/mol. The lowest BCUT2D eigenvalue weighted by Crippen LogP contribution is -2.39. The van der Waals surface area contributed by atoms with Gasteiger partial charge >= 0.3 is 0 Å². The lowest BCUT2D eigenvalue weighted by atomic mass is 9.93. The molecule has 0 saturated carbocycles. The van der Waals surface area contributed by atoms with Crippen LogP contribution in [0.2, 0.25) is 0 Å². The van der Waals surface area contributed by atoms with Crippen molar-refractivity contribution >= 4 is 33.9 Å². The molecule has 28 heavy (non-hydrogen) atoms. The van der Waals surface area contributed by atoms with Gasteiger partial charge in [-0.1, -0.05) is 78.1 Å². The molecule has 6 heteroatoms. The number of nitrogens with one attached hydrogen (secondary N) is 1. The van der Waals surface area contributed by atoms with Gasteiger partial charge in [0.15, 0.2) is 10.3 Å². The van der Waals surface area contributed by atoms with Crippen LogP contribution in [0.1, 0.15) is 23.6 Å². The first-order chi connectivity index (χ1) is 13.7. The number of nitrogens with zero attached hydrogens (tertiary/aromatic N) is 3. The Labute approximate surface area is 174 Å². The summed E-state index contributed by atoms with van der Waals surface area (Å²) in [6, 6.07) is 19.2. The van der Waals surface area contributed by atoms with E-state index in [1.54, 1.807) is 23.5 Å². The first-order valence-electron chi connectivity index (χ1n) is 9.47. The maximum atomic E-state index is 4.82. The monoisotopic (exact) mass is 406 g/mol. The SMILES string of the molecule is CC1(c2ccccc2)CN=C(SCC2=CSC3=NCc4ccccc4CN23)N1. The summed E-state index contributed by atoms with van der Waals surface area (Å²) in [5, 5.41) is 8.02. The molecule has 2 aromatic carbocycles. The van der Waals surface area contributed by atoms with Gasteiger partial charge in [0.2, 0.25) is 0 Å². The van der Waals surface area contributed by atoms with E-state index in [1.165, 1.54) is 22.4 Å². The number of fused-ring (bicyclic) bond motifs is 2. The minimum absolute atomic E-state index is 0.115. The standard InChI is InChI=1S/C22H22N4S2/c1-22(18-9-3-2-4-10-18)15-24-20(25-22)27-13-19-14-28-21-23-11-16-7-5-6-8-17(16)12-26(19)21/h2-10,14H,11-13,15H2,1H3,(H,24,25). The summed E-state index contributed by atoms with van der Waals surface area (Å²) < 4.78 is 0. The van der Waals surface area contributed by atoms with E-state index in [0.717, 1.165) is 35.7 Å². The highest BCUT2D eigenvalue weighted by Crippen LogP contribution is 2.34. The quantitative estimate of drug-likeness (QED) is 0.812. The van der Waals surface area contributed by atoms with Crippen LogP contribution >= 0.6 is 23.5 Å². The third kappa shape index (κ3) is 3.35. The highest BCUT2D eigenvalue weighted by atomic mass is 32.2. The number of thioether (sulfide) groups is 2. The lowest BCUT2D eigenvalue weighted by molar-refractivity contribution is 0.482. The van der Waals surface area contributed by atoms with Crippen LogP contribution in [0.15, 0.2) is 75.7 Å². The van der Waals surface area contributed by atoms with Crippen molar-refractivity contribution in [3.63, 3.8) is 0 Å². The van der Waals surface area contributed by atoms with Crippen molar-refractivity contribution in [3.8, 4) is 0 Å². The number of amidine groups is 2. The summed E-state index contributed by atoms with van der Waals surface area (Å²) in [4.78, 5) is 11.9. The van der Waals surface area contributed by atoms with Crippen molar-refractivity contribution in [3.05, 3.63) is 82.4 Å². The number of hydrogen-bond donors (Lipinski definition) is 1. The van der Waals surface area contributed by atoms with E-state index < -0.39 is 0 Å². The third-order valence-corrected chi connectivity index (χ3v) is 7.29. The molecule has 0 saturated heterocycles. The average Bonchev–Trinajstić information content (AvgIpc) is 3.25. The Hall–Kier alpha value is -2.18. The molecule has 1 unspecified atom stereocenters. The molecule has 0 radical (unpaired) electrons. The zero-order valence-corrected chi connectivity index (χ0v) is 17.4. The molecule has 0 aliphatic carbocycles. The van der Waals surface area contributed by atoms with E-state index in [4.69, 9.17) is 9.98 Å². The summed E-state index contributed by atoms with van der Waals surface area (Å²) >= 11 is 3.52. The van der Waals surface area contributed by atoms with Gasteiger partial charge in [0.05, 0.1) is 25.2 Å². The van der Waals surface area contributed by atoms with Crippen LogP contribution < -0.4 is 5.32 Å². The Kier molecular flexibility index (Phi) is 4.69. The Morgan fingerprint density at radius 2 is 1.86 bits per heavy atom. The molecule has 5 rings (SSSR count). The highest BCUT2D eigenvalue weighted by Gasteiger charge is 2.33. The molecule has 0 spiro atoms. The van der Waals surface area contributed by atoms with Gasteiger partial charge in [-0.2, -0.15) is 0 Å². The van der Waals surface area contributed by atoms with Crippen molar-refractivity contribution in [2.45, 2.75) is 25.6 Å². The van der Waals surface area contributed by atoms with Crippen molar-refractivity contribution in [2.75, 3.05) is 12.3 Å². The van der Waals surface area contributed by atoms with E-state index in [-0.39, 0.29) is 5.54 Å². The molecular formula is C22H22N4S2. The first kappa shape index (κ1) is 17.9. The zero-order chi connectivity index (χ0) is 19.0. The molecule has 0 bridgehead atoms. The molecule has 0 amide bonds. The maximum absolute atomic E-state index is 4.82. The molecule has 2 aromatic rings. The number of rotatable bonds is 3. The molecule has 3 aliphatic rings. The summed E-state index contributed by atoms with van der Waals surface area (Å²) in [6.45, 7) is 4.67. The van der Waals surface area contributed by atoms with E-state index >= 15 is 0 Å². The van der Waals surface area contributed by atoms with Crippen molar-refractivity contribution < 1.29 is 0 Å². The molecule has 0 aromatic heterocycles. The Bertz CT molecular complexity index is 983. The smallest absolute Gasteiger partial charge is 0.168 e. The maximum Gasteiger partial charge on any atom is 0.168 e. The van der Waals surface area contributed by atoms with Crippen molar-refractivity contribution in [1.82, 2.24) is 10.2 Å². The van der Waals surface area contributed by atoms with Crippen LogP contribution in [0, 0.1) is 0 Å². The minimum Gasteiger partial charge on any atom is -0.354 e. The Balaban J connectivity index is 1.25. The molecule has 4 nitrogen and oxygen atoms in total. The summed E-state index contributed by atoms with van der Waals surface area (Å²) in [5.74, 6) is 0.894. The molecule has 1 atom stereocenters. The third-order valence-electron chi connectivity index (χ3n) is 5.40. The van der Waals surface area contributed by atoms with Gasteiger partial charge in [-0.25, -0.2) is 0 Å². The number of benzene rings is 2. The summed E-state index contributed by atoms with van der Waals surface area (Å²) in [7, 11) is 0. The number of aliphatic imine (C=N–C) groups is 2. The first-order valence-corrected chi connectivity index (χ1v) is 11.3. The van der Waals surface area contributed by atoms with E-state index in [0.29, 0.717) is 0 Å². The fraction of sp³-hybridized carbons (Fsp3) is 0.273. The topological polar surface area (TPSA) is 40.0 Å². The van der Waals surface area contributed by atoms with Crippen LogP contribution in [-0.2, 0) is 18.6 Å². The van der Waals surface area contributed by atoms with Gasteiger partial charge in [0.1, 0.15) is 0 Å². The largest absolute Gasteiger partial charge is 0.354 e. The van der Waals surface area contributed by atoms with Crippen LogP contribution in [0.5, 0.6) is 0 Å². The fourth-order valence-electron chi connectivity index (χ4n) is 3.70. The second kappa shape index (κ2) is 7.33.